The van der Waals surface area contributed by atoms with Gasteiger partial charge in [-0.25, -0.2) is 0 Å². The first-order valence-corrected chi connectivity index (χ1v) is 11.1. The van der Waals surface area contributed by atoms with Crippen LogP contribution in [0.4, 0.5) is 5.69 Å². The van der Waals surface area contributed by atoms with Gasteiger partial charge in [0.15, 0.2) is 0 Å². The van der Waals surface area contributed by atoms with Crippen molar-refractivity contribution in [3.8, 4) is 11.5 Å². The number of carbonyl (C=O) groups excluding carboxylic acids is 2. The molecule has 2 atom stereocenters. The molecule has 1 saturated heterocycles. The summed E-state index contributed by atoms with van der Waals surface area (Å²) in [4.78, 5) is 37.7. The molecule has 0 aromatic heterocycles. The molecule has 0 unspecified atom stereocenters. The van der Waals surface area contributed by atoms with Crippen molar-refractivity contribution in [3.05, 3.63) is 98.6 Å². The fraction of sp³-hybridized carbons (Fsp3) is 0.192. The minimum atomic E-state index is -0.748. The lowest BCUT2D eigenvalue weighted by Gasteiger charge is -2.45. The zero-order chi connectivity index (χ0) is 24.4. The lowest BCUT2D eigenvalue weighted by molar-refractivity contribution is -0.385. The van der Waals surface area contributed by atoms with Crippen molar-refractivity contribution in [2.45, 2.75) is 11.8 Å². The zero-order valence-corrected chi connectivity index (χ0v) is 18.5. The van der Waals surface area contributed by atoms with E-state index in [0.717, 1.165) is 39.5 Å². The summed E-state index contributed by atoms with van der Waals surface area (Å²) in [6, 6.07) is 18.2. The molecule has 3 aromatic rings. The fourth-order valence-electron chi connectivity index (χ4n) is 5.87. The summed E-state index contributed by atoms with van der Waals surface area (Å²) in [6.07, 6.45) is 1.08. The molecule has 1 fully saturated rings. The molecule has 3 aliphatic carbocycles. The van der Waals surface area contributed by atoms with E-state index in [2.05, 4.69) is 5.10 Å². The van der Waals surface area contributed by atoms with Crippen LogP contribution in [0, 0.1) is 22.0 Å². The van der Waals surface area contributed by atoms with Gasteiger partial charge in [-0.2, -0.15) is 10.1 Å². The third-order valence-corrected chi connectivity index (χ3v) is 7.26. The molecule has 1 heterocycles. The second-order valence-electron chi connectivity index (χ2n) is 8.84. The number of methoxy groups -OCH3 is 1. The standard InChI is InChI=1S/C26H19N3O6/c1-35-14-10-13(24(30)19(11-14)29(33)34)12-27-28-25(31)22-20-15-6-2-3-7-16(15)21(23(22)26(28)32)18-9-5-4-8-17(18)20/h2-12,20-23,30H,1H3/b27-12-/t20?,21?,22-,23-/m1/s1. The lowest BCUT2D eigenvalue weighted by Crippen LogP contribution is -2.41. The molecule has 3 aromatic carbocycles. The van der Waals surface area contributed by atoms with Crippen molar-refractivity contribution in [3.63, 3.8) is 0 Å². The normalized spacial score (nSPS) is 23.9. The van der Waals surface area contributed by atoms with Crippen LogP contribution < -0.4 is 4.74 Å². The number of benzene rings is 3. The lowest BCUT2D eigenvalue weighted by atomic mass is 9.55. The Kier molecular flexibility index (Phi) is 4.50. The number of hydrazone groups is 1. The summed E-state index contributed by atoms with van der Waals surface area (Å²) in [7, 11) is 1.33. The van der Waals surface area contributed by atoms with E-state index in [1.165, 1.54) is 13.2 Å². The molecule has 0 spiro atoms. The number of nitro groups is 1. The molecule has 1 aliphatic heterocycles. The van der Waals surface area contributed by atoms with E-state index in [0.29, 0.717) is 0 Å². The number of hydrogen-bond acceptors (Lipinski definition) is 7. The molecule has 35 heavy (non-hydrogen) atoms. The average molecular weight is 469 g/mol. The van der Waals surface area contributed by atoms with Crippen molar-refractivity contribution in [1.29, 1.82) is 0 Å². The molecule has 2 amide bonds. The Bertz CT molecular complexity index is 1350. The summed E-state index contributed by atoms with van der Waals surface area (Å²) >= 11 is 0. The Morgan fingerprint density at radius 2 is 1.43 bits per heavy atom. The number of carbonyl (C=O) groups is 2. The number of nitrogens with zero attached hydrogens (tertiary/aromatic N) is 3. The van der Waals surface area contributed by atoms with Gasteiger partial charge in [-0.3, -0.25) is 19.7 Å². The molecular formula is C26H19N3O6. The molecule has 9 heteroatoms. The smallest absolute Gasteiger partial charge is 0.315 e. The van der Waals surface area contributed by atoms with E-state index in [-0.39, 0.29) is 23.1 Å². The van der Waals surface area contributed by atoms with Gasteiger partial charge < -0.3 is 9.84 Å². The van der Waals surface area contributed by atoms with Crippen LogP contribution in [-0.4, -0.2) is 40.2 Å². The first-order valence-electron chi connectivity index (χ1n) is 11.1. The number of imide groups is 1. The second kappa shape index (κ2) is 7.49. The second-order valence-corrected chi connectivity index (χ2v) is 8.84. The van der Waals surface area contributed by atoms with E-state index >= 15 is 0 Å². The number of hydrogen-bond donors (Lipinski definition) is 1. The van der Waals surface area contributed by atoms with Crippen molar-refractivity contribution in [1.82, 2.24) is 5.01 Å². The van der Waals surface area contributed by atoms with Gasteiger partial charge in [-0.1, -0.05) is 48.5 Å². The Labute approximate surface area is 199 Å². The van der Waals surface area contributed by atoms with Gasteiger partial charge in [0.1, 0.15) is 5.75 Å². The highest BCUT2D eigenvalue weighted by atomic mass is 16.6. The largest absolute Gasteiger partial charge is 0.502 e. The van der Waals surface area contributed by atoms with Crippen LogP contribution in [0.2, 0.25) is 0 Å². The molecular weight excluding hydrogens is 450 g/mol. The monoisotopic (exact) mass is 469 g/mol. The van der Waals surface area contributed by atoms with Crippen LogP contribution in [0.5, 0.6) is 11.5 Å². The Morgan fingerprint density at radius 1 is 0.943 bits per heavy atom. The maximum atomic E-state index is 13.6. The number of ether oxygens (including phenoxy) is 1. The van der Waals surface area contributed by atoms with Crippen LogP contribution in [-0.2, 0) is 9.59 Å². The van der Waals surface area contributed by atoms with Crippen LogP contribution in [0.25, 0.3) is 0 Å². The Balaban J connectivity index is 1.43. The van der Waals surface area contributed by atoms with Gasteiger partial charge in [0.2, 0.25) is 5.75 Å². The van der Waals surface area contributed by atoms with E-state index in [4.69, 9.17) is 4.74 Å². The first kappa shape index (κ1) is 21.0. The third-order valence-electron chi connectivity index (χ3n) is 7.26. The fourth-order valence-corrected chi connectivity index (χ4v) is 5.87. The summed E-state index contributed by atoms with van der Waals surface area (Å²) in [5.41, 5.74) is 3.58. The van der Waals surface area contributed by atoms with E-state index < -0.39 is 40.0 Å². The van der Waals surface area contributed by atoms with Gasteiger partial charge in [-0.15, -0.1) is 0 Å². The van der Waals surface area contributed by atoms with Gasteiger partial charge >= 0.3 is 5.69 Å². The van der Waals surface area contributed by atoms with Gasteiger partial charge in [-0.05, 0) is 28.3 Å². The highest BCUT2D eigenvalue weighted by Crippen LogP contribution is 2.61. The molecule has 7 rings (SSSR count). The van der Waals surface area contributed by atoms with Crippen molar-refractivity contribution in [2.75, 3.05) is 7.11 Å². The van der Waals surface area contributed by atoms with Crippen molar-refractivity contribution < 1.29 is 24.4 Å². The van der Waals surface area contributed by atoms with Crippen LogP contribution >= 0.6 is 0 Å². The number of phenolic OH excluding ortho intramolecular Hbond substituents is 1. The quantitative estimate of drug-likeness (QED) is 0.270. The van der Waals surface area contributed by atoms with Gasteiger partial charge in [0, 0.05) is 17.4 Å². The minimum absolute atomic E-state index is 0.0407. The topological polar surface area (TPSA) is 122 Å². The van der Waals surface area contributed by atoms with Gasteiger partial charge in [0.25, 0.3) is 11.8 Å². The van der Waals surface area contributed by atoms with E-state index in [1.807, 2.05) is 48.5 Å². The van der Waals surface area contributed by atoms with Crippen LogP contribution in [0.1, 0.15) is 39.7 Å². The molecule has 174 valence electrons. The van der Waals surface area contributed by atoms with Crippen LogP contribution in [0.15, 0.2) is 65.8 Å². The van der Waals surface area contributed by atoms with E-state index in [1.54, 1.807) is 0 Å². The summed E-state index contributed by atoms with van der Waals surface area (Å²) in [5, 5.41) is 26.6. The summed E-state index contributed by atoms with van der Waals surface area (Å²) < 4.78 is 5.08. The maximum absolute atomic E-state index is 13.6. The number of amides is 2. The molecule has 1 N–H and O–H groups in total. The van der Waals surface area contributed by atoms with Crippen molar-refractivity contribution >= 4 is 23.7 Å². The Morgan fingerprint density at radius 3 is 1.86 bits per heavy atom. The summed E-state index contributed by atoms with van der Waals surface area (Å²) in [5.74, 6) is -3.06. The van der Waals surface area contributed by atoms with Gasteiger partial charge in [0.05, 0.1) is 36.1 Å². The summed E-state index contributed by atoms with van der Waals surface area (Å²) in [6.45, 7) is 0. The first-order chi connectivity index (χ1) is 16.9. The predicted molar refractivity (Wildman–Crippen MR) is 124 cm³/mol. The zero-order valence-electron chi connectivity index (χ0n) is 18.5. The Hall–Kier alpha value is -4.53. The number of rotatable bonds is 4. The highest BCUT2D eigenvalue weighted by molar-refractivity contribution is 6.08. The molecule has 0 saturated carbocycles. The molecule has 9 nitrogen and oxygen atoms in total. The predicted octanol–water partition coefficient (Wildman–Crippen LogP) is 3.54. The van der Waals surface area contributed by atoms with Crippen molar-refractivity contribution in [2.24, 2.45) is 16.9 Å². The van der Waals surface area contributed by atoms with Crippen LogP contribution in [0.3, 0.4) is 0 Å². The maximum Gasteiger partial charge on any atom is 0.315 e. The average Bonchev–Trinajstić information content (AvgIpc) is 3.13. The SMILES string of the molecule is COc1cc(/C=N\N2C(=O)[C@@H]3C4c5ccccc5C(c5ccccc54)[C@H]3C2=O)c(O)c([N+](=O)[O-])c1. The molecule has 2 bridgehead atoms. The number of aromatic hydroxyl groups is 1. The highest BCUT2D eigenvalue weighted by Gasteiger charge is 2.61. The molecule has 0 radical (unpaired) electrons. The van der Waals surface area contributed by atoms with E-state index in [9.17, 15) is 24.8 Å². The third kappa shape index (κ3) is 2.84. The molecule has 4 aliphatic rings. The number of phenols is 1. The minimum Gasteiger partial charge on any atom is -0.502 e. The number of nitro benzene ring substituents is 1.